The fourth-order valence-electron chi connectivity index (χ4n) is 2.17. The summed E-state index contributed by atoms with van der Waals surface area (Å²) < 4.78 is 5.33. The largest absolute Gasteiger partial charge is 0.508 e. The van der Waals surface area contributed by atoms with Crippen molar-refractivity contribution in [1.29, 1.82) is 0 Å². The molecule has 0 atom stereocenters. The fourth-order valence-corrected chi connectivity index (χ4v) is 2.17. The van der Waals surface area contributed by atoms with E-state index in [1.165, 1.54) is 6.07 Å². The summed E-state index contributed by atoms with van der Waals surface area (Å²) in [5, 5.41) is 19.3. The zero-order valence-electron chi connectivity index (χ0n) is 8.99. The Morgan fingerprint density at radius 3 is 2.56 bits per heavy atom. The average molecular weight is 296 g/mol. The number of furan rings is 1. The van der Waals surface area contributed by atoms with Crippen molar-refractivity contribution in [3.8, 4) is 11.5 Å². The van der Waals surface area contributed by atoms with Gasteiger partial charge in [0.1, 0.15) is 28.6 Å². The predicted octanol–water partition coefficient (Wildman–Crippen LogP) is 1.54. The van der Waals surface area contributed by atoms with Crippen molar-refractivity contribution in [1.82, 2.24) is 0 Å². The molecule has 97 valence electrons. The maximum Gasteiger partial charge on any atom is 0.174 e. The molecule has 2 aromatic rings. The van der Waals surface area contributed by atoms with E-state index < -0.39 is 0 Å². The molecule has 1 aliphatic rings. The molecule has 0 fully saturated rings. The Morgan fingerprint density at radius 1 is 1.11 bits per heavy atom. The van der Waals surface area contributed by atoms with Crippen LogP contribution in [0.15, 0.2) is 16.5 Å². The third-order valence-electron chi connectivity index (χ3n) is 2.82. The van der Waals surface area contributed by atoms with E-state index in [9.17, 15) is 19.8 Å². The molecule has 0 amide bonds. The normalized spacial score (nSPS) is 14.4. The molecule has 0 aliphatic heterocycles. The molecule has 1 radical (unpaired) electrons. The van der Waals surface area contributed by atoms with Crippen molar-refractivity contribution in [3.05, 3.63) is 23.5 Å². The molecule has 0 unspecified atom stereocenters. The first-order valence-corrected chi connectivity index (χ1v) is 5.08. The molecule has 18 heavy (non-hydrogen) atoms. The molecule has 1 aromatic carbocycles. The van der Waals surface area contributed by atoms with Gasteiger partial charge in [-0.1, -0.05) is 0 Å². The van der Waals surface area contributed by atoms with Gasteiger partial charge in [-0.05, 0) is 0 Å². The van der Waals surface area contributed by atoms with Gasteiger partial charge in [-0.25, -0.2) is 0 Å². The molecular weight excluding hydrogens is 288 g/mol. The predicted molar refractivity (Wildman–Crippen MR) is 57.2 cm³/mol. The van der Waals surface area contributed by atoms with Crippen LogP contribution in [0.3, 0.4) is 0 Å². The number of aromatic hydroxyl groups is 2. The van der Waals surface area contributed by atoms with Gasteiger partial charge in [-0.2, -0.15) is 0 Å². The van der Waals surface area contributed by atoms with Gasteiger partial charge in [0, 0.05) is 29.2 Å². The van der Waals surface area contributed by atoms with Crippen molar-refractivity contribution in [2.45, 2.75) is 12.8 Å². The van der Waals surface area contributed by atoms with Gasteiger partial charge in [-0.15, -0.1) is 0 Å². The Hall–Kier alpha value is -1.78. The Morgan fingerprint density at radius 2 is 1.83 bits per heavy atom. The molecule has 1 aromatic heterocycles. The smallest absolute Gasteiger partial charge is 0.174 e. The van der Waals surface area contributed by atoms with Crippen LogP contribution in [0.25, 0.3) is 11.0 Å². The molecule has 0 saturated heterocycles. The number of rotatable bonds is 0. The summed E-state index contributed by atoms with van der Waals surface area (Å²) in [4.78, 5) is 23.0. The van der Waals surface area contributed by atoms with Gasteiger partial charge < -0.3 is 14.6 Å². The number of fused-ring (bicyclic) bond motifs is 3. The van der Waals surface area contributed by atoms with Crippen LogP contribution in [0.4, 0.5) is 0 Å². The second-order valence-electron chi connectivity index (χ2n) is 4.05. The number of phenols is 2. The first kappa shape index (κ1) is 12.7. The summed E-state index contributed by atoms with van der Waals surface area (Å²) in [5.74, 6) is -0.657. The van der Waals surface area contributed by atoms with Crippen LogP contribution < -0.4 is 0 Å². The summed E-state index contributed by atoms with van der Waals surface area (Å²) in [6, 6.07) is 2.45. The summed E-state index contributed by atoms with van der Waals surface area (Å²) >= 11 is 0. The molecule has 5 nitrogen and oxygen atoms in total. The van der Waals surface area contributed by atoms with E-state index in [1.807, 2.05) is 0 Å². The summed E-state index contributed by atoms with van der Waals surface area (Å²) in [7, 11) is 0. The number of phenolic OH excluding ortho intramolecular Hbond substituents is 2. The molecule has 3 rings (SSSR count). The second kappa shape index (κ2) is 4.15. The van der Waals surface area contributed by atoms with E-state index in [2.05, 4.69) is 0 Å². The minimum absolute atomic E-state index is 0. The maximum atomic E-state index is 11.8. The van der Waals surface area contributed by atoms with Crippen LogP contribution in [0.1, 0.15) is 22.5 Å². The van der Waals surface area contributed by atoms with E-state index in [0.29, 0.717) is 0 Å². The van der Waals surface area contributed by atoms with Gasteiger partial charge in [0.15, 0.2) is 5.78 Å². The third-order valence-corrected chi connectivity index (χ3v) is 2.82. The van der Waals surface area contributed by atoms with E-state index in [4.69, 9.17) is 4.42 Å². The molecule has 0 spiro atoms. The number of benzene rings is 1. The van der Waals surface area contributed by atoms with Crippen LogP contribution >= 0.6 is 0 Å². The standard InChI is InChI=1S/C12H8O5.Cu/c13-5-1-7(15)11-9(3-5)17-10-4-6(14)2-8(16)12(10)11;/h1,3,13,15H,2,4H2;. The minimum atomic E-state index is -0.351. The van der Waals surface area contributed by atoms with Gasteiger partial charge >= 0.3 is 0 Å². The van der Waals surface area contributed by atoms with Gasteiger partial charge in [0.2, 0.25) is 0 Å². The summed E-state index contributed by atoms with van der Waals surface area (Å²) in [5.41, 5.74) is 0.479. The SMILES string of the molecule is O=C1CC(=O)c2c(oc3cc(O)cc(O)c23)C1.[Cu]. The Balaban J connectivity index is 0.00000120. The molecule has 1 aliphatic carbocycles. The van der Waals surface area contributed by atoms with E-state index in [-0.39, 0.29) is 75.3 Å². The molecule has 0 bridgehead atoms. The summed E-state index contributed by atoms with van der Waals surface area (Å²) in [6.07, 6.45) is -0.113. The van der Waals surface area contributed by atoms with Gasteiger partial charge in [-0.3, -0.25) is 9.59 Å². The second-order valence-corrected chi connectivity index (χ2v) is 4.05. The number of ketones is 2. The zero-order valence-corrected chi connectivity index (χ0v) is 9.93. The van der Waals surface area contributed by atoms with Crippen LogP contribution in [-0.2, 0) is 28.3 Å². The Kier molecular flexibility index (Phi) is 2.92. The molecule has 6 heteroatoms. The Labute approximate surface area is 112 Å². The number of hydrogen-bond donors (Lipinski definition) is 2. The molecule has 1 heterocycles. The monoisotopic (exact) mass is 295 g/mol. The van der Waals surface area contributed by atoms with Crippen LogP contribution in [0.2, 0.25) is 0 Å². The maximum absolute atomic E-state index is 11.8. The number of carbonyl (C=O) groups is 2. The van der Waals surface area contributed by atoms with Crippen LogP contribution in [0.5, 0.6) is 11.5 Å². The van der Waals surface area contributed by atoms with Crippen molar-refractivity contribution in [2.75, 3.05) is 0 Å². The van der Waals surface area contributed by atoms with Crippen molar-refractivity contribution < 1.29 is 41.3 Å². The molecule has 2 N–H and O–H groups in total. The van der Waals surface area contributed by atoms with Gasteiger partial charge in [0.25, 0.3) is 0 Å². The average Bonchev–Trinajstić information content (AvgIpc) is 2.55. The first-order valence-electron chi connectivity index (χ1n) is 5.08. The van der Waals surface area contributed by atoms with Crippen molar-refractivity contribution in [2.24, 2.45) is 0 Å². The molecule has 0 saturated carbocycles. The number of Topliss-reactive ketones (excluding diaryl/α,β-unsaturated/α-hetero) is 2. The number of carbonyl (C=O) groups excluding carboxylic acids is 2. The fraction of sp³-hybridized carbons (Fsp3) is 0.167. The van der Waals surface area contributed by atoms with E-state index in [1.54, 1.807) is 0 Å². The van der Waals surface area contributed by atoms with Crippen LogP contribution in [0, 0.1) is 0 Å². The van der Waals surface area contributed by atoms with Crippen molar-refractivity contribution >= 4 is 22.5 Å². The van der Waals surface area contributed by atoms with Crippen LogP contribution in [-0.4, -0.2) is 21.8 Å². The first-order chi connectivity index (χ1) is 8.06. The zero-order chi connectivity index (χ0) is 12.2. The van der Waals surface area contributed by atoms with E-state index in [0.717, 1.165) is 6.07 Å². The van der Waals surface area contributed by atoms with E-state index >= 15 is 0 Å². The quantitative estimate of drug-likeness (QED) is 0.568. The topological polar surface area (TPSA) is 87.7 Å². The third kappa shape index (κ3) is 1.70. The summed E-state index contributed by atoms with van der Waals surface area (Å²) in [6.45, 7) is 0. The van der Waals surface area contributed by atoms with Gasteiger partial charge in [0.05, 0.1) is 23.8 Å². The molecular formula is C12H8CuO5. The Bertz CT molecular complexity index is 671. The van der Waals surface area contributed by atoms with Crippen molar-refractivity contribution in [3.63, 3.8) is 0 Å². The minimum Gasteiger partial charge on any atom is -0.508 e. The number of hydrogen-bond acceptors (Lipinski definition) is 5.